The molecule has 222 valence electrons. The molecule has 6 nitrogen and oxygen atoms in total. The van der Waals surface area contributed by atoms with Crippen LogP contribution in [0, 0.1) is 46.3 Å². The van der Waals surface area contributed by atoms with Gasteiger partial charge in [-0.2, -0.15) is 0 Å². The zero-order valence-electron chi connectivity index (χ0n) is 25.8. The molecule has 0 unspecified atom stereocenters. The van der Waals surface area contributed by atoms with Crippen molar-refractivity contribution in [2.24, 2.45) is 46.3 Å². The summed E-state index contributed by atoms with van der Waals surface area (Å²) in [5.41, 5.74) is -1.04. The largest absolute Gasteiger partial charge is 0.462 e. The van der Waals surface area contributed by atoms with Crippen LogP contribution in [0.5, 0.6) is 0 Å². The number of carbonyl (C=O) groups excluding carboxylic acids is 3. The first kappa shape index (κ1) is 30.4. The first-order valence-electron chi connectivity index (χ1n) is 15.8. The zero-order valence-corrected chi connectivity index (χ0v) is 25.8. The summed E-state index contributed by atoms with van der Waals surface area (Å²) in [5.74, 6) is 2.58. The van der Waals surface area contributed by atoms with E-state index >= 15 is 0 Å². The predicted molar refractivity (Wildman–Crippen MR) is 151 cm³/mol. The van der Waals surface area contributed by atoms with Crippen molar-refractivity contribution in [1.29, 1.82) is 0 Å². The molecule has 0 heterocycles. The summed E-state index contributed by atoms with van der Waals surface area (Å²) in [7, 11) is 0. The van der Waals surface area contributed by atoms with E-state index in [1.165, 1.54) is 59.3 Å². The lowest BCUT2D eigenvalue weighted by molar-refractivity contribution is -0.279. The fraction of sp³-hybridized carbons (Fsp3) is 0.909. The lowest BCUT2D eigenvalue weighted by Gasteiger charge is -2.66. The molecule has 0 amide bonds. The number of esters is 3. The van der Waals surface area contributed by atoms with Gasteiger partial charge in [-0.05, 0) is 85.9 Å². The molecular formula is C33H54O6. The summed E-state index contributed by atoms with van der Waals surface area (Å²) < 4.78 is 18.1. The quantitative estimate of drug-likeness (QED) is 0.235. The van der Waals surface area contributed by atoms with Crippen LogP contribution in [0.15, 0.2) is 0 Å². The molecule has 0 bridgehead atoms. The number of hydrogen-bond donors (Lipinski definition) is 0. The van der Waals surface area contributed by atoms with Crippen molar-refractivity contribution in [1.82, 2.24) is 0 Å². The third-order valence-electron chi connectivity index (χ3n) is 11.9. The van der Waals surface area contributed by atoms with Crippen molar-refractivity contribution < 1.29 is 28.6 Å². The van der Waals surface area contributed by atoms with E-state index in [1.807, 2.05) is 0 Å². The minimum absolute atomic E-state index is 0.298. The average Bonchev–Trinajstić information content (AvgIpc) is 3.16. The van der Waals surface area contributed by atoms with Gasteiger partial charge in [0.15, 0.2) is 5.60 Å². The highest BCUT2D eigenvalue weighted by molar-refractivity contribution is 5.68. The average molecular weight is 547 g/mol. The van der Waals surface area contributed by atoms with Gasteiger partial charge in [0, 0.05) is 32.6 Å². The maximum Gasteiger partial charge on any atom is 0.303 e. The van der Waals surface area contributed by atoms with Gasteiger partial charge in [-0.15, -0.1) is 0 Å². The highest BCUT2D eigenvalue weighted by atomic mass is 16.6. The van der Waals surface area contributed by atoms with Gasteiger partial charge in [-0.1, -0.05) is 53.9 Å². The van der Waals surface area contributed by atoms with Crippen LogP contribution in [0.25, 0.3) is 0 Å². The van der Waals surface area contributed by atoms with Gasteiger partial charge in [0.25, 0.3) is 0 Å². The molecule has 4 aliphatic rings. The highest BCUT2D eigenvalue weighted by Crippen LogP contribution is 2.70. The number of fused-ring (bicyclic) bond motifs is 5. The lowest BCUT2D eigenvalue weighted by Crippen LogP contribution is -2.70. The van der Waals surface area contributed by atoms with Crippen molar-refractivity contribution in [3.8, 4) is 0 Å². The van der Waals surface area contributed by atoms with Crippen molar-refractivity contribution in [2.75, 3.05) is 0 Å². The maximum atomic E-state index is 12.6. The molecule has 0 aliphatic heterocycles. The van der Waals surface area contributed by atoms with E-state index in [0.717, 1.165) is 37.0 Å². The van der Waals surface area contributed by atoms with E-state index in [0.29, 0.717) is 36.0 Å². The van der Waals surface area contributed by atoms with Gasteiger partial charge in [0.05, 0.1) is 0 Å². The third kappa shape index (κ3) is 5.52. The molecule has 4 fully saturated rings. The summed E-state index contributed by atoms with van der Waals surface area (Å²) in [5, 5.41) is 0. The fourth-order valence-electron chi connectivity index (χ4n) is 10.4. The molecule has 0 aromatic heterocycles. The molecule has 0 spiro atoms. The van der Waals surface area contributed by atoms with Crippen molar-refractivity contribution >= 4 is 17.9 Å². The Bertz CT molecular complexity index is 929. The van der Waals surface area contributed by atoms with E-state index in [-0.39, 0.29) is 29.4 Å². The van der Waals surface area contributed by atoms with E-state index in [2.05, 4.69) is 34.6 Å². The van der Waals surface area contributed by atoms with Crippen molar-refractivity contribution in [3.63, 3.8) is 0 Å². The molecule has 4 rings (SSSR count). The summed E-state index contributed by atoms with van der Waals surface area (Å²) in [6, 6.07) is 0. The highest BCUT2D eigenvalue weighted by Gasteiger charge is 2.71. The smallest absolute Gasteiger partial charge is 0.303 e. The molecule has 0 aromatic carbocycles. The van der Waals surface area contributed by atoms with Crippen molar-refractivity contribution in [2.45, 2.75) is 144 Å². The Hall–Kier alpha value is -1.59. The fourth-order valence-corrected chi connectivity index (χ4v) is 10.4. The third-order valence-corrected chi connectivity index (χ3v) is 11.9. The van der Waals surface area contributed by atoms with Crippen LogP contribution >= 0.6 is 0 Å². The second-order valence-electron chi connectivity index (χ2n) is 14.6. The number of rotatable bonds is 8. The number of hydrogen-bond acceptors (Lipinski definition) is 6. The van der Waals surface area contributed by atoms with Gasteiger partial charge in [-0.3, -0.25) is 14.4 Å². The molecule has 0 N–H and O–H groups in total. The van der Waals surface area contributed by atoms with E-state index in [9.17, 15) is 14.4 Å². The molecule has 0 saturated heterocycles. The summed E-state index contributed by atoms with van der Waals surface area (Å²) in [6.07, 6.45) is 10.5. The lowest BCUT2D eigenvalue weighted by atomic mass is 9.42. The molecule has 10 atom stereocenters. The minimum Gasteiger partial charge on any atom is -0.462 e. The van der Waals surface area contributed by atoms with Crippen LogP contribution < -0.4 is 0 Å². The van der Waals surface area contributed by atoms with Gasteiger partial charge >= 0.3 is 17.9 Å². The van der Waals surface area contributed by atoms with Gasteiger partial charge in [-0.25, -0.2) is 0 Å². The van der Waals surface area contributed by atoms with Crippen LogP contribution in [0.1, 0.15) is 126 Å². The molecule has 0 radical (unpaired) electrons. The standard InChI is InChI=1S/C33H54O6/c1-20(2)10-9-11-21(3)27-12-13-28-26-18-30(38-23(5)35)33(39-24(6)36)19-25(37-22(4)34)14-17-32(33,8)29(26)15-16-31(27,28)7/h20-21,25-30H,9-19H2,1-8H3/t21-,25+,26-,27+,28-,29-,30-,31-,32-,33+/m1/s1. The van der Waals surface area contributed by atoms with Crippen LogP contribution in [0.3, 0.4) is 0 Å². The maximum absolute atomic E-state index is 12.6. The van der Waals surface area contributed by atoms with E-state index < -0.39 is 11.7 Å². The Kier molecular flexibility index (Phi) is 8.84. The van der Waals surface area contributed by atoms with E-state index in [1.54, 1.807) is 0 Å². The second-order valence-corrected chi connectivity index (χ2v) is 14.6. The molecule has 4 aliphatic carbocycles. The molecular weight excluding hydrogens is 492 g/mol. The number of ether oxygens (including phenoxy) is 3. The first-order valence-corrected chi connectivity index (χ1v) is 15.8. The summed E-state index contributed by atoms with van der Waals surface area (Å²) in [4.78, 5) is 37.0. The van der Waals surface area contributed by atoms with Gasteiger partial charge in [0.1, 0.15) is 12.2 Å². The Morgan fingerprint density at radius 1 is 0.821 bits per heavy atom. The van der Waals surface area contributed by atoms with Crippen LogP contribution in [-0.4, -0.2) is 35.7 Å². The molecule has 39 heavy (non-hydrogen) atoms. The monoisotopic (exact) mass is 546 g/mol. The van der Waals surface area contributed by atoms with Crippen LogP contribution in [0.4, 0.5) is 0 Å². The molecule has 4 saturated carbocycles. The Balaban J connectivity index is 1.66. The Morgan fingerprint density at radius 2 is 1.51 bits per heavy atom. The Morgan fingerprint density at radius 3 is 2.13 bits per heavy atom. The predicted octanol–water partition coefficient (Wildman–Crippen LogP) is 7.27. The van der Waals surface area contributed by atoms with Crippen molar-refractivity contribution in [3.05, 3.63) is 0 Å². The van der Waals surface area contributed by atoms with Gasteiger partial charge in [0.2, 0.25) is 0 Å². The Labute approximate surface area is 236 Å². The first-order chi connectivity index (χ1) is 18.2. The number of carbonyl (C=O) groups is 3. The van der Waals surface area contributed by atoms with Gasteiger partial charge < -0.3 is 14.2 Å². The summed E-state index contributed by atoms with van der Waals surface area (Å²) in [6.45, 7) is 16.3. The minimum atomic E-state index is -0.986. The molecule has 0 aromatic rings. The zero-order chi connectivity index (χ0) is 28.8. The normalized spacial score (nSPS) is 42.1. The van der Waals surface area contributed by atoms with E-state index in [4.69, 9.17) is 14.2 Å². The topological polar surface area (TPSA) is 78.9 Å². The summed E-state index contributed by atoms with van der Waals surface area (Å²) >= 11 is 0. The SMILES string of the molecule is CC(=O)O[C@H]1CC[C@]2(C)[C@@H]3CC[C@@]4(C)[C@H](CC[C@H]4[C@H](C)CCCC(C)C)[C@H]3C[C@@H](OC(C)=O)[C@@]2(OC(C)=O)C1. The molecule has 6 heteroatoms. The van der Waals surface area contributed by atoms with Crippen LogP contribution in [-0.2, 0) is 28.6 Å². The van der Waals surface area contributed by atoms with Crippen LogP contribution in [0.2, 0.25) is 0 Å². The second kappa shape index (κ2) is 11.4.